The van der Waals surface area contributed by atoms with Crippen LogP contribution in [0.2, 0.25) is 0 Å². The Balaban J connectivity index is 1.58. The van der Waals surface area contributed by atoms with Crippen LogP contribution in [0.4, 0.5) is 0 Å². The van der Waals surface area contributed by atoms with Gasteiger partial charge in [0.05, 0.1) is 24.1 Å². The van der Waals surface area contributed by atoms with E-state index in [0.29, 0.717) is 6.54 Å². The fourth-order valence-corrected chi connectivity index (χ4v) is 4.20. The minimum atomic E-state index is -0.122. The van der Waals surface area contributed by atoms with Crippen molar-refractivity contribution in [1.29, 1.82) is 0 Å². The standard InChI is InChI=1S/C17H21N3O2/c1-10(2)20-8-7-13(18-20)9-19-16(21)14-11-3-4-12(6-5-11)15(14)17(19)22/h3-4,7-8,10-12,14-15H,5-6,9H2,1-2H3. The van der Waals surface area contributed by atoms with E-state index in [1.807, 2.05) is 16.9 Å². The van der Waals surface area contributed by atoms with Crippen LogP contribution in [0.5, 0.6) is 0 Å². The normalized spacial score (nSPS) is 33.1. The van der Waals surface area contributed by atoms with Gasteiger partial charge in [0.15, 0.2) is 0 Å². The van der Waals surface area contributed by atoms with Gasteiger partial charge in [-0.3, -0.25) is 19.2 Å². The monoisotopic (exact) mass is 299 g/mol. The van der Waals surface area contributed by atoms with Gasteiger partial charge in [0.25, 0.3) is 0 Å². The second-order valence-electron chi connectivity index (χ2n) is 6.98. The Kier molecular flexibility index (Phi) is 2.99. The van der Waals surface area contributed by atoms with Gasteiger partial charge in [-0.1, -0.05) is 12.2 Å². The zero-order valence-electron chi connectivity index (χ0n) is 13.0. The first-order valence-electron chi connectivity index (χ1n) is 8.14. The van der Waals surface area contributed by atoms with Crippen LogP contribution in [0.3, 0.4) is 0 Å². The summed E-state index contributed by atoms with van der Waals surface area (Å²) in [6.45, 7) is 4.42. The quantitative estimate of drug-likeness (QED) is 0.635. The lowest BCUT2D eigenvalue weighted by atomic mass is 9.63. The fourth-order valence-electron chi connectivity index (χ4n) is 4.20. The summed E-state index contributed by atoms with van der Waals surface area (Å²) < 4.78 is 1.86. The highest BCUT2D eigenvalue weighted by molar-refractivity contribution is 6.05. The second-order valence-corrected chi connectivity index (χ2v) is 6.98. The van der Waals surface area contributed by atoms with Crippen LogP contribution >= 0.6 is 0 Å². The van der Waals surface area contributed by atoms with E-state index in [1.54, 1.807) is 0 Å². The average Bonchev–Trinajstić information content (AvgIpc) is 3.09. The van der Waals surface area contributed by atoms with E-state index in [0.717, 1.165) is 18.5 Å². The molecule has 1 saturated heterocycles. The molecule has 116 valence electrons. The summed E-state index contributed by atoms with van der Waals surface area (Å²) in [5.41, 5.74) is 0.786. The summed E-state index contributed by atoms with van der Waals surface area (Å²) in [5, 5.41) is 4.47. The van der Waals surface area contributed by atoms with E-state index in [9.17, 15) is 9.59 Å². The molecule has 5 rings (SSSR count). The van der Waals surface area contributed by atoms with Crippen molar-refractivity contribution in [2.75, 3.05) is 0 Å². The van der Waals surface area contributed by atoms with Gasteiger partial charge in [0, 0.05) is 12.2 Å². The summed E-state index contributed by atoms with van der Waals surface area (Å²) in [6.07, 6.45) is 8.28. The largest absolute Gasteiger partial charge is 0.276 e. The number of aromatic nitrogens is 2. The summed E-state index contributed by atoms with van der Waals surface area (Å²) in [7, 11) is 0. The number of carbonyl (C=O) groups is 2. The number of fused-ring (bicyclic) bond motifs is 1. The molecular weight excluding hydrogens is 278 g/mol. The van der Waals surface area contributed by atoms with E-state index in [4.69, 9.17) is 0 Å². The van der Waals surface area contributed by atoms with Crippen LogP contribution in [0, 0.1) is 23.7 Å². The molecule has 3 aliphatic carbocycles. The molecule has 1 saturated carbocycles. The van der Waals surface area contributed by atoms with Gasteiger partial charge in [0.2, 0.25) is 11.8 Å². The van der Waals surface area contributed by atoms with Crippen LogP contribution in [-0.4, -0.2) is 26.5 Å². The van der Waals surface area contributed by atoms with Crippen LogP contribution < -0.4 is 0 Å². The topological polar surface area (TPSA) is 55.2 Å². The van der Waals surface area contributed by atoms with E-state index < -0.39 is 0 Å². The lowest BCUT2D eigenvalue weighted by Crippen LogP contribution is -2.38. The minimum absolute atomic E-state index is 0.00754. The lowest BCUT2D eigenvalue weighted by molar-refractivity contribution is -0.140. The number of imide groups is 1. The number of rotatable bonds is 3. The zero-order valence-corrected chi connectivity index (χ0v) is 13.0. The van der Waals surface area contributed by atoms with Crippen molar-refractivity contribution < 1.29 is 9.59 Å². The predicted molar refractivity (Wildman–Crippen MR) is 80.5 cm³/mol. The van der Waals surface area contributed by atoms with Gasteiger partial charge in [-0.2, -0.15) is 5.10 Å². The molecule has 2 fully saturated rings. The maximum Gasteiger partial charge on any atom is 0.234 e. The molecule has 2 bridgehead atoms. The number of nitrogens with zero attached hydrogens (tertiary/aromatic N) is 3. The molecule has 2 amide bonds. The van der Waals surface area contributed by atoms with Crippen LogP contribution in [-0.2, 0) is 16.1 Å². The number of hydrogen-bond acceptors (Lipinski definition) is 3. The molecule has 1 aliphatic heterocycles. The number of hydrogen-bond donors (Lipinski definition) is 0. The van der Waals surface area contributed by atoms with Gasteiger partial charge in [-0.15, -0.1) is 0 Å². The SMILES string of the molecule is CC(C)n1ccc(CN2C(=O)C3C4C=CC(CC4)C3C2=O)n1. The summed E-state index contributed by atoms with van der Waals surface area (Å²) >= 11 is 0. The van der Waals surface area contributed by atoms with Gasteiger partial charge in [-0.25, -0.2) is 0 Å². The number of carbonyl (C=O) groups excluding carboxylic acids is 2. The van der Waals surface area contributed by atoms with Gasteiger partial charge >= 0.3 is 0 Å². The van der Waals surface area contributed by atoms with E-state index >= 15 is 0 Å². The molecule has 5 nitrogen and oxygen atoms in total. The highest BCUT2D eigenvalue weighted by Crippen LogP contribution is 2.49. The average molecular weight is 299 g/mol. The van der Waals surface area contributed by atoms with Crippen molar-refractivity contribution in [3.63, 3.8) is 0 Å². The Morgan fingerprint density at radius 2 is 1.73 bits per heavy atom. The van der Waals surface area contributed by atoms with Crippen LogP contribution in [0.15, 0.2) is 24.4 Å². The number of amides is 2. The van der Waals surface area contributed by atoms with Crippen molar-refractivity contribution in [3.8, 4) is 0 Å². The Labute approximate surface area is 130 Å². The van der Waals surface area contributed by atoms with Crippen molar-refractivity contribution in [3.05, 3.63) is 30.1 Å². The molecule has 1 aromatic rings. The van der Waals surface area contributed by atoms with Gasteiger partial charge in [0.1, 0.15) is 0 Å². The number of likely N-dealkylation sites (tertiary alicyclic amines) is 1. The Morgan fingerprint density at radius 1 is 1.14 bits per heavy atom. The molecular formula is C17H21N3O2. The van der Waals surface area contributed by atoms with E-state index in [-0.39, 0.29) is 41.5 Å². The van der Waals surface area contributed by atoms with E-state index in [2.05, 4.69) is 31.1 Å². The summed E-state index contributed by atoms with van der Waals surface area (Å²) in [6, 6.07) is 2.18. The number of allylic oxidation sites excluding steroid dienone is 2. The summed E-state index contributed by atoms with van der Waals surface area (Å²) in [4.78, 5) is 26.9. The second kappa shape index (κ2) is 4.80. The first kappa shape index (κ1) is 13.7. The van der Waals surface area contributed by atoms with E-state index in [1.165, 1.54) is 4.90 Å². The maximum absolute atomic E-state index is 12.7. The lowest BCUT2D eigenvalue weighted by Gasteiger charge is -2.38. The molecule has 0 N–H and O–H groups in total. The van der Waals surface area contributed by atoms with Crippen molar-refractivity contribution in [1.82, 2.24) is 14.7 Å². The Morgan fingerprint density at radius 3 is 2.18 bits per heavy atom. The van der Waals surface area contributed by atoms with Crippen molar-refractivity contribution in [2.24, 2.45) is 23.7 Å². The molecule has 5 heteroatoms. The van der Waals surface area contributed by atoms with Gasteiger partial charge in [-0.05, 0) is 44.6 Å². The predicted octanol–water partition coefficient (Wildman–Crippen LogP) is 2.16. The third-order valence-corrected chi connectivity index (χ3v) is 5.36. The Bertz CT molecular complexity index is 629. The molecule has 2 heterocycles. The summed E-state index contributed by atoms with van der Waals surface area (Å²) in [5.74, 6) is 0.280. The molecule has 4 unspecified atom stereocenters. The van der Waals surface area contributed by atoms with Crippen LogP contribution in [0.25, 0.3) is 0 Å². The van der Waals surface area contributed by atoms with Crippen molar-refractivity contribution in [2.45, 2.75) is 39.3 Å². The Hall–Kier alpha value is -1.91. The first-order chi connectivity index (χ1) is 10.6. The highest BCUT2D eigenvalue weighted by atomic mass is 16.2. The molecule has 0 radical (unpaired) electrons. The zero-order chi connectivity index (χ0) is 15.4. The maximum atomic E-state index is 12.7. The van der Waals surface area contributed by atoms with Crippen molar-refractivity contribution >= 4 is 11.8 Å². The third kappa shape index (κ3) is 1.87. The van der Waals surface area contributed by atoms with Gasteiger partial charge < -0.3 is 0 Å². The first-order valence-corrected chi connectivity index (χ1v) is 8.14. The molecule has 1 aromatic heterocycles. The smallest absolute Gasteiger partial charge is 0.234 e. The minimum Gasteiger partial charge on any atom is -0.276 e. The third-order valence-electron chi connectivity index (χ3n) is 5.36. The highest BCUT2D eigenvalue weighted by Gasteiger charge is 2.56. The van der Waals surface area contributed by atoms with Crippen LogP contribution in [0.1, 0.15) is 38.4 Å². The molecule has 0 spiro atoms. The molecule has 4 atom stereocenters. The molecule has 22 heavy (non-hydrogen) atoms. The molecule has 4 aliphatic rings. The fraction of sp³-hybridized carbons (Fsp3) is 0.588. The molecule has 0 aromatic carbocycles.